The van der Waals surface area contributed by atoms with Crippen molar-refractivity contribution in [2.24, 2.45) is 0 Å². The molecule has 0 saturated carbocycles. The first-order valence-electron chi connectivity index (χ1n) is 7.16. The molecule has 2 rings (SSSR count). The average Bonchev–Trinajstić information content (AvgIpc) is 2.38. The van der Waals surface area contributed by atoms with E-state index in [9.17, 15) is 5.11 Å². The third kappa shape index (κ3) is 3.67. The molecule has 1 aliphatic rings. The van der Waals surface area contributed by atoms with Crippen molar-refractivity contribution in [3.63, 3.8) is 0 Å². The molecular weight excluding hydrogens is 238 g/mol. The fourth-order valence-corrected chi connectivity index (χ4v) is 2.61. The van der Waals surface area contributed by atoms with Gasteiger partial charge >= 0.3 is 0 Å². The van der Waals surface area contributed by atoms with Gasteiger partial charge in [-0.3, -0.25) is 4.98 Å². The lowest BCUT2D eigenvalue weighted by molar-refractivity contribution is 0.154. The van der Waals surface area contributed by atoms with Gasteiger partial charge in [-0.15, -0.1) is 0 Å². The highest BCUT2D eigenvalue weighted by Crippen LogP contribution is 2.24. The van der Waals surface area contributed by atoms with Crippen molar-refractivity contribution in [3.05, 3.63) is 23.5 Å². The molecule has 0 bridgehead atoms. The molecule has 106 valence electrons. The van der Waals surface area contributed by atoms with E-state index >= 15 is 0 Å². The Bertz CT molecular complexity index is 420. The Labute approximate surface area is 116 Å². The van der Waals surface area contributed by atoms with E-state index in [1.165, 1.54) is 5.69 Å². The highest BCUT2D eigenvalue weighted by Gasteiger charge is 2.20. The van der Waals surface area contributed by atoms with E-state index in [4.69, 9.17) is 4.98 Å². The molecule has 19 heavy (non-hydrogen) atoms. The zero-order chi connectivity index (χ0) is 13.8. The molecule has 0 radical (unpaired) electrons. The summed E-state index contributed by atoms with van der Waals surface area (Å²) in [4.78, 5) is 9.19. The van der Waals surface area contributed by atoms with E-state index in [2.05, 4.69) is 43.0 Å². The predicted molar refractivity (Wildman–Crippen MR) is 78.5 cm³/mol. The van der Waals surface area contributed by atoms with E-state index in [-0.39, 0.29) is 6.10 Å². The molecule has 0 amide bonds. The Hall–Kier alpha value is -1.13. The first-order chi connectivity index (χ1) is 9.10. The lowest BCUT2D eigenvalue weighted by Gasteiger charge is -2.33. The van der Waals surface area contributed by atoms with E-state index in [0.717, 1.165) is 50.3 Å². The number of hydrogen-bond donors (Lipinski definition) is 1. The van der Waals surface area contributed by atoms with Gasteiger partial charge in [0.05, 0.1) is 17.5 Å². The fraction of sp³-hybridized carbons (Fsp3) is 0.667. The van der Waals surface area contributed by atoms with Crippen LogP contribution in [0.15, 0.2) is 12.1 Å². The Morgan fingerprint density at radius 1 is 1.42 bits per heavy atom. The summed E-state index contributed by atoms with van der Waals surface area (Å²) in [5.41, 5.74) is 3.45. The highest BCUT2D eigenvalue weighted by molar-refractivity contribution is 5.51. The third-order valence-corrected chi connectivity index (χ3v) is 3.57. The number of aliphatic hydroxyl groups excluding tert-OH is 1. The monoisotopic (exact) mass is 263 g/mol. The van der Waals surface area contributed by atoms with Crippen molar-refractivity contribution in [2.45, 2.75) is 38.8 Å². The SMILES string of the molecule is CCc1ccc(N2CCC[C@H](O)C2)c(CN(C)C)n1. The molecule has 1 atom stereocenters. The lowest BCUT2D eigenvalue weighted by Crippen LogP contribution is -2.39. The maximum atomic E-state index is 9.84. The maximum absolute atomic E-state index is 9.84. The summed E-state index contributed by atoms with van der Waals surface area (Å²) in [5, 5.41) is 9.84. The van der Waals surface area contributed by atoms with Crippen molar-refractivity contribution >= 4 is 5.69 Å². The summed E-state index contributed by atoms with van der Waals surface area (Å²) in [6.07, 6.45) is 2.73. The fourth-order valence-electron chi connectivity index (χ4n) is 2.61. The number of hydrogen-bond acceptors (Lipinski definition) is 4. The van der Waals surface area contributed by atoms with Crippen molar-refractivity contribution in [1.29, 1.82) is 0 Å². The van der Waals surface area contributed by atoms with Crippen LogP contribution in [0.2, 0.25) is 0 Å². The van der Waals surface area contributed by atoms with E-state index in [1.807, 2.05) is 0 Å². The van der Waals surface area contributed by atoms with Gasteiger partial charge in [-0.2, -0.15) is 0 Å². The van der Waals surface area contributed by atoms with Gasteiger partial charge in [0.25, 0.3) is 0 Å². The van der Waals surface area contributed by atoms with Gasteiger partial charge in [0, 0.05) is 25.3 Å². The number of aliphatic hydroxyl groups is 1. The molecule has 1 aromatic rings. The molecule has 1 aromatic heterocycles. The van der Waals surface area contributed by atoms with Crippen molar-refractivity contribution < 1.29 is 5.11 Å². The van der Waals surface area contributed by atoms with Gasteiger partial charge in [-0.1, -0.05) is 6.92 Å². The van der Waals surface area contributed by atoms with Crippen LogP contribution in [-0.4, -0.2) is 48.3 Å². The second-order valence-electron chi connectivity index (χ2n) is 5.60. The average molecular weight is 263 g/mol. The quantitative estimate of drug-likeness (QED) is 0.897. The molecule has 1 fully saturated rings. The second kappa shape index (κ2) is 6.35. The summed E-state index contributed by atoms with van der Waals surface area (Å²) in [5.74, 6) is 0. The lowest BCUT2D eigenvalue weighted by atomic mass is 10.1. The zero-order valence-electron chi connectivity index (χ0n) is 12.3. The molecule has 2 heterocycles. The Morgan fingerprint density at radius 3 is 2.84 bits per heavy atom. The summed E-state index contributed by atoms with van der Waals surface area (Å²) < 4.78 is 0. The molecule has 1 N–H and O–H groups in total. The summed E-state index contributed by atoms with van der Waals surface area (Å²) in [7, 11) is 4.13. The van der Waals surface area contributed by atoms with Crippen LogP contribution < -0.4 is 4.90 Å². The number of piperidine rings is 1. The van der Waals surface area contributed by atoms with Gasteiger partial charge < -0.3 is 14.9 Å². The largest absolute Gasteiger partial charge is 0.391 e. The van der Waals surface area contributed by atoms with Crippen molar-refractivity contribution in [3.8, 4) is 0 Å². The van der Waals surface area contributed by atoms with Crippen LogP contribution in [0.5, 0.6) is 0 Å². The number of nitrogens with zero attached hydrogens (tertiary/aromatic N) is 3. The van der Waals surface area contributed by atoms with Crippen LogP contribution in [0, 0.1) is 0 Å². The molecule has 0 spiro atoms. The minimum atomic E-state index is -0.202. The smallest absolute Gasteiger partial charge is 0.0779 e. The molecule has 0 aromatic carbocycles. The van der Waals surface area contributed by atoms with Crippen LogP contribution >= 0.6 is 0 Å². The van der Waals surface area contributed by atoms with E-state index in [0.29, 0.717) is 0 Å². The van der Waals surface area contributed by atoms with Gasteiger partial charge in [-0.25, -0.2) is 0 Å². The van der Waals surface area contributed by atoms with Crippen LogP contribution in [0.4, 0.5) is 5.69 Å². The number of pyridine rings is 1. The van der Waals surface area contributed by atoms with Crippen LogP contribution in [0.25, 0.3) is 0 Å². The normalized spacial score (nSPS) is 20.1. The van der Waals surface area contributed by atoms with Gasteiger partial charge in [0.2, 0.25) is 0 Å². The van der Waals surface area contributed by atoms with Crippen LogP contribution in [0.3, 0.4) is 0 Å². The topological polar surface area (TPSA) is 39.6 Å². The van der Waals surface area contributed by atoms with Gasteiger partial charge in [0.15, 0.2) is 0 Å². The van der Waals surface area contributed by atoms with Gasteiger partial charge in [-0.05, 0) is 45.5 Å². The minimum Gasteiger partial charge on any atom is -0.391 e. The summed E-state index contributed by atoms with van der Waals surface area (Å²) in [6, 6.07) is 4.28. The van der Waals surface area contributed by atoms with Crippen LogP contribution in [-0.2, 0) is 13.0 Å². The van der Waals surface area contributed by atoms with Gasteiger partial charge in [0.1, 0.15) is 0 Å². The van der Waals surface area contributed by atoms with E-state index in [1.54, 1.807) is 0 Å². The molecule has 1 saturated heterocycles. The summed E-state index contributed by atoms with van der Waals surface area (Å²) in [6.45, 7) is 4.72. The van der Waals surface area contributed by atoms with Crippen molar-refractivity contribution in [2.75, 3.05) is 32.1 Å². The number of aryl methyl sites for hydroxylation is 1. The third-order valence-electron chi connectivity index (χ3n) is 3.57. The maximum Gasteiger partial charge on any atom is 0.0779 e. The number of β-amino-alcohol motifs (C(OH)–C–C–N with tert-alkyl or cyclic N) is 1. The predicted octanol–water partition coefficient (Wildman–Crippen LogP) is 1.67. The molecule has 0 aliphatic carbocycles. The first kappa shape index (κ1) is 14.3. The standard InChI is InChI=1S/C15H25N3O/c1-4-12-7-8-15(14(16-12)11-17(2)3)18-9-5-6-13(19)10-18/h7-8,13,19H,4-6,9-11H2,1-3H3/t13-/m0/s1. The first-order valence-corrected chi connectivity index (χ1v) is 7.16. The molecule has 4 nitrogen and oxygen atoms in total. The van der Waals surface area contributed by atoms with Crippen LogP contribution in [0.1, 0.15) is 31.2 Å². The zero-order valence-corrected chi connectivity index (χ0v) is 12.3. The number of rotatable bonds is 4. The summed E-state index contributed by atoms with van der Waals surface area (Å²) >= 11 is 0. The number of anilines is 1. The second-order valence-corrected chi connectivity index (χ2v) is 5.60. The Kier molecular flexibility index (Phi) is 4.77. The Morgan fingerprint density at radius 2 is 2.21 bits per heavy atom. The molecular formula is C15H25N3O. The molecule has 4 heteroatoms. The number of aromatic nitrogens is 1. The van der Waals surface area contributed by atoms with Crippen molar-refractivity contribution in [1.82, 2.24) is 9.88 Å². The Balaban J connectivity index is 2.26. The highest BCUT2D eigenvalue weighted by atomic mass is 16.3. The minimum absolute atomic E-state index is 0.202. The molecule has 0 unspecified atom stereocenters. The van der Waals surface area contributed by atoms with E-state index < -0.39 is 0 Å². The molecule has 1 aliphatic heterocycles.